The van der Waals surface area contributed by atoms with Crippen molar-refractivity contribution in [1.29, 1.82) is 0 Å². The van der Waals surface area contributed by atoms with Crippen LogP contribution in [0.5, 0.6) is 5.75 Å². The summed E-state index contributed by atoms with van der Waals surface area (Å²) in [6.45, 7) is 4.12. The molecule has 0 amide bonds. The van der Waals surface area contributed by atoms with E-state index in [2.05, 4.69) is 0 Å². The highest BCUT2D eigenvalue weighted by Crippen LogP contribution is 2.31. The van der Waals surface area contributed by atoms with Gasteiger partial charge in [-0.25, -0.2) is 8.42 Å². The Labute approximate surface area is 138 Å². The van der Waals surface area contributed by atoms with Gasteiger partial charge in [-0.1, -0.05) is 37.3 Å². The largest absolute Gasteiger partial charge is 0.483 e. The summed E-state index contributed by atoms with van der Waals surface area (Å²) in [4.78, 5) is 0.313. The number of nitrogens with two attached hydrogens (primary N) is 1. The van der Waals surface area contributed by atoms with Crippen LogP contribution in [0.4, 0.5) is 0 Å². The van der Waals surface area contributed by atoms with E-state index in [-0.39, 0.29) is 5.75 Å². The molecule has 1 atom stereocenters. The lowest BCUT2D eigenvalue weighted by atomic mass is 9.92. The highest BCUT2D eigenvalue weighted by Gasteiger charge is 2.28. The summed E-state index contributed by atoms with van der Waals surface area (Å²) in [7, 11) is -3.20. The van der Waals surface area contributed by atoms with Gasteiger partial charge in [0.1, 0.15) is 11.4 Å². The molecule has 0 aliphatic rings. The van der Waals surface area contributed by atoms with Crippen molar-refractivity contribution in [3.05, 3.63) is 60.2 Å². The van der Waals surface area contributed by atoms with Gasteiger partial charge >= 0.3 is 0 Å². The van der Waals surface area contributed by atoms with Crippen molar-refractivity contribution in [2.75, 3.05) is 12.3 Å². The summed E-state index contributed by atoms with van der Waals surface area (Å²) in [6.07, 6.45) is 0.659. The lowest BCUT2D eigenvalue weighted by molar-refractivity contribution is 0.0796. The molecule has 0 heterocycles. The molecule has 0 aliphatic heterocycles. The second-order valence-electron chi connectivity index (χ2n) is 5.61. The highest BCUT2D eigenvalue weighted by atomic mass is 32.2. The molecule has 0 aromatic heterocycles. The third-order valence-corrected chi connectivity index (χ3v) is 5.66. The Morgan fingerprint density at radius 2 is 1.65 bits per heavy atom. The van der Waals surface area contributed by atoms with Crippen LogP contribution in [0.25, 0.3) is 0 Å². The SMILES string of the molecule is CCS(=O)(=O)c1ccc(OC(C)(CCN)c2ccccc2)cc1. The van der Waals surface area contributed by atoms with Crippen LogP contribution in [-0.4, -0.2) is 20.7 Å². The molecule has 0 spiro atoms. The maximum Gasteiger partial charge on any atom is 0.178 e. The van der Waals surface area contributed by atoms with Gasteiger partial charge in [-0.05, 0) is 43.3 Å². The van der Waals surface area contributed by atoms with Crippen LogP contribution in [0.3, 0.4) is 0 Å². The summed E-state index contributed by atoms with van der Waals surface area (Å²) < 4.78 is 29.9. The molecule has 23 heavy (non-hydrogen) atoms. The second kappa shape index (κ2) is 7.15. The van der Waals surface area contributed by atoms with E-state index in [1.807, 2.05) is 37.3 Å². The van der Waals surface area contributed by atoms with E-state index in [0.29, 0.717) is 23.6 Å². The Morgan fingerprint density at radius 3 is 2.17 bits per heavy atom. The lowest BCUT2D eigenvalue weighted by Gasteiger charge is -2.31. The zero-order valence-corrected chi connectivity index (χ0v) is 14.3. The van der Waals surface area contributed by atoms with Gasteiger partial charge in [-0.2, -0.15) is 0 Å². The minimum Gasteiger partial charge on any atom is -0.483 e. The smallest absolute Gasteiger partial charge is 0.178 e. The van der Waals surface area contributed by atoms with Gasteiger partial charge in [-0.3, -0.25) is 0 Å². The van der Waals surface area contributed by atoms with Gasteiger partial charge < -0.3 is 10.5 Å². The van der Waals surface area contributed by atoms with E-state index in [0.717, 1.165) is 5.56 Å². The molecule has 1 unspecified atom stereocenters. The lowest BCUT2D eigenvalue weighted by Crippen LogP contribution is -2.32. The summed E-state index contributed by atoms with van der Waals surface area (Å²) in [6, 6.07) is 16.5. The fraction of sp³-hybridized carbons (Fsp3) is 0.333. The fourth-order valence-electron chi connectivity index (χ4n) is 2.46. The second-order valence-corrected chi connectivity index (χ2v) is 7.89. The molecule has 0 aliphatic carbocycles. The van der Waals surface area contributed by atoms with E-state index in [9.17, 15) is 8.42 Å². The van der Waals surface area contributed by atoms with Crippen molar-refractivity contribution in [3.8, 4) is 5.75 Å². The number of ether oxygens (including phenoxy) is 1. The van der Waals surface area contributed by atoms with Crippen LogP contribution in [-0.2, 0) is 15.4 Å². The normalized spacial score (nSPS) is 14.2. The van der Waals surface area contributed by atoms with Crippen LogP contribution in [0.15, 0.2) is 59.5 Å². The molecular weight excluding hydrogens is 310 g/mol. The molecule has 2 aromatic rings. The van der Waals surface area contributed by atoms with Gasteiger partial charge in [0.25, 0.3) is 0 Å². The first-order chi connectivity index (χ1) is 10.9. The maximum atomic E-state index is 11.9. The maximum absolute atomic E-state index is 11.9. The number of benzene rings is 2. The summed E-state index contributed by atoms with van der Waals surface area (Å²) in [5.74, 6) is 0.710. The van der Waals surface area contributed by atoms with Crippen LogP contribution < -0.4 is 10.5 Å². The molecular formula is C18H23NO3S. The van der Waals surface area contributed by atoms with Crippen LogP contribution >= 0.6 is 0 Å². The van der Waals surface area contributed by atoms with Crippen LogP contribution in [0.1, 0.15) is 25.8 Å². The molecule has 124 valence electrons. The van der Waals surface area contributed by atoms with Gasteiger partial charge in [0.15, 0.2) is 9.84 Å². The zero-order chi connectivity index (χ0) is 16.9. The molecule has 4 nitrogen and oxygen atoms in total. The Hall–Kier alpha value is -1.85. The van der Waals surface area contributed by atoms with E-state index in [4.69, 9.17) is 10.5 Å². The topological polar surface area (TPSA) is 69.4 Å². The van der Waals surface area contributed by atoms with Crippen LogP contribution in [0, 0.1) is 0 Å². The van der Waals surface area contributed by atoms with Crippen molar-refractivity contribution < 1.29 is 13.2 Å². The van der Waals surface area contributed by atoms with Crippen molar-refractivity contribution in [1.82, 2.24) is 0 Å². The monoisotopic (exact) mass is 333 g/mol. The number of hydrogen-bond donors (Lipinski definition) is 1. The third-order valence-electron chi connectivity index (χ3n) is 3.91. The van der Waals surface area contributed by atoms with Gasteiger partial charge in [0.2, 0.25) is 0 Å². The molecule has 2 aromatic carbocycles. The Balaban J connectivity index is 2.28. The van der Waals surface area contributed by atoms with Gasteiger partial charge in [0.05, 0.1) is 10.6 Å². The first-order valence-electron chi connectivity index (χ1n) is 7.69. The Kier molecular flexibility index (Phi) is 5.44. The van der Waals surface area contributed by atoms with Crippen molar-refractivity contribution in [3.63, 3.8) is 0 Å². The quantitative estimate of drug-likeness (QED) is 0.845. The third kappa shape index (κ3) is 4.12. The Morgan fingerprint density at radius 1 is 1.04 bits per heavy atom. The summed E-state index contributed by atoms with van der Waals surface area (Å²) in [5.41, 5.74) is 6.23. The van der Waals surface area contributed by atoms with E-state index < -0.39 is 15.4 Å². The Bertz CT molecular complexity index is 727. The molecule has 0 saturated carbocycles. The molecule has 2 rings (SSSR count). The number of sulfone groups is 1. The fourth-order valence-corrected chi connectivity index (χ4v) is 3.35. The minimum atomic E-state index is -3.20. The number of rotatable bonds is 7. The summed E-state index contributed by atoms with van der Waals surface area (Å²) in [5, 5.41) is 0. The number of hydrogen-bond acceptors (Lipinski definition) is 4. The molecule has 0 radical (unpaired) electrons. The molecule has 5 heteroatoms. The van der Waals surface area contributed by atoms with Crippen molar-refractivity contribution in [2.45, 2.75) is 30.8 Å². The molecule has 0 fully saturated rings. The highest BCUT2D eigenvalue weighted by molar-refractivity contribution is 7.91. The van der Waals surface area contributed by atoms with Crippen LogP contribution in [0.2, 0.25) is 0 Å². The average Bonchev–Trinajstić information content (AvgIpc) is 2.56. The predicted molar refractivity (Wildman–Crippen MR) is 92.3 cm³/mol. The van der Waals surface area contributed by atoms with E-state index in [1.54, 1.807) is 31.2 Å². The van der Waals surface area contributed by atoms with Gasteiger partial charge in [0, 0.05) is 6.42 Å². The standard InChI is InChI=1S/C18H23NO3S/c1-3-23(20,21)17-11-9-16(10-12-17)22-18(2,13-14-19)15-7-5-4-6-8-15/h4-12H,3,13-14,19H2,1-2H3. The van der Waals surface area contributed by atoms with Crippen molar-refractivity contribution in [2.24, 2.45) is 5.73 Å². The van der Waals surface area contributed by atoms with E-state index >= 15 is 0 Å². The molecule has 2 N–H and O–H groups in total. The van der Waals surface area contributed by atoms with E-state index in [1.165, 1.54) is 0 Å². The first kappa shape index (κ1) is 17.5. The summed E-state index contributed by atoms with van der Waals surface area (Å²) >= 11 is 0. The molecule has 0 saturated heterocycles. The van der Waals surface area contributed by atoms with Gasteiger partial charge in [-0.15, -0.1) is 0 Å². The average molecular weight is 333 g/mol. The zero-order valence-electron chi connectivity index (χ0n) is 13.5. The minimum absolute atomic E-state index is 0.0854. The molecule has 0 bridgehead atoms. The first-order valence-corrected chi connectivity index (χ1v) is 9.34. The predicted octanol–water partition coefficient (Wildman–Crippen LogP) is 3.12. The van der Waals surface area contributed by atoms with Crippen molar-refractivity contribution >= 4 is 9.84 Å².